The summed E-state index contributed by atoms with van der Waals surface area (Å²) >= 11 is 0. The molecular weight excluding hydrogens is 446 g/mol. The van der Waals surface area contributed by atoms with Crippen LogP contribution in [-0.2, 0) is 11.3 Å². The van der Waals surface area contributed by atoms with Gasteiger partial charge in [0.05, 0.1) is 39.0 Å². The van der Waals surface area contributed by atoms with E-state index in [0.717, 1.165) is 36.7 Å². The van der Waals surface area contributed by atoms with Crippen molar-refractivity contribution >= 4 is 43.7 Å². The summed E-state index contributed by atoms with van der Waals surface area (Å²) in [4.78, 5) is 52.7. The number of hydrogen-bond donors (Lipinski definition) is 2. The fourth-order valence-electron chi connectivity index (χ4n) is 4.92. The Hall–Kier alpha value is -3.52. The maximum absolute atomic E-state index is 13.2. The first-order valence-electron chi connectivity index (χ1n) is 12.2. The van der Waals surface area contributed by atoms with Gasteiger partial charge in [-0.15, -0.1) is 0 Å². The van der Waals surface area contributed by atoms with E-state index in [4.69, 9.17) is 16.2 Å². The molecule has 8 heteroatoms. The molecule has 4 N–H and O–H groups in total. The van der Waals surface area contributed by atoms with Gasteiger partial charge in [0.2, 0.25) is 0 Å². The zero-order chi connectivity index (χ0) is 25.3. The van der Waals surface area contributed by atoms with E-state index in [1.165, 1.54) is 12.1 Å². The van der Waals surface area contributed by atoms with Crippen molar-refractivity contribution < 1.29 is 4.74 Å². The molecule has 0 amide bonds. The summed E-state index contributed by atoms with van der Waals surface area (Å²) in [6.45, 7) is 4.77. The molecule has 0 saturated carbocycles. The van der Waals surface area contributed by atoms with Gasteiger partial charge >= 0.3 is 0 Å². The molecule has 1 atom stereocenters. The number of fused-ring (bicyclic) bond motifs is 3. The molecule has 0 spiro atoms. The van der Waals surface area contributed by atoms with Crippen LogP contribution in [0.25, 0.3) is 32.3 Å². The summed E-state index contributed by atoms with van der Waals surface area (Å²) in [6.07, 6.45) is 5.92. The van der Waals surface area contributed by atoms with Crippen molar-refractivity contribution in [3.8, 4) is 0 Å². The number of nitrogens with zero attached hydrogens (tertiary/aromatic N) is 1. The van der Waals surface area contributed by atoms with Gasteiger partial charge in [-0.05, 0) is 19.3 Å². The van der Waals surface area contributed by atoms with E-state index in [9.17, 15) is 19.2 Å². The van der Waals surface area contributed by atoms with Gasteiger partial charge in [0.15, 0.2) is 10.9 Å². The molecule has 3 aromatic carbocycles. The van der Waals surface area contributed by atoms with E-state index in [0.29, 0.717) is 13.0 Å². The summed E-state index contributed by atoms with van der Waals surface area (Å²) < 4.78 is 7.03. The monoisotopic (exact) mass is 477 g/mol. The van der Waals surface area contributed by atoms with Gasteiger partial charge in [0.25, 0.3) is 11.1 Å². The lowest BCUT2D eigenvalue weighted by molar-refractivity contribution is 0.0399. The predicted molar refractivity (Wildman–Crippen MR) is 142 cm³/mol. The van der Waals surface area contributed by atoms with Crippen LogP contribution >= 0.6 is 0 Å². The topological polar surface area (TPSA) is 134 Å². The van der Waals surface area contributed by atoms with E-state index < -0.39 is 22.0 Å². The smallest absolute Gasteiger partial charge is 0.263 e. The number of nitrogens with two attached hydrogens (primary N) is 2. The Morgan fingerprint density at radius 3 is 1.83 bits per heavy atom. The fourth-order valence-corrected chi connectivity index (χ4v) is 4.92. The standard InChI is InChI=1S/C27H31N3O5/c1-3-5-6-10-15(4-2)35-14-9-13-30-26(33)20-21(27(30)34)23(29)19-18(22(20)28)24(31)16-11-7-8-12-17(16)25(19)32/h7-8,11-12,15H,3-6,9-10,13-14,28-29H2,1-2H3. The number of benzene rings is 3. The molecule has 0 aliphatic carbocycles. The SMILES string of the molecule is CCCCCC(CC)OCCCn1c(=O)c2c(N)c3c(=O)c4ccccc4c(=O)c3c(N)c2c1=O. The average Bonchev–Trinajstić information content (AvgIpc) is 3.11. The Balaban J connectivity index is 1.74. The molecule has 4 aromatic rings. The molecule has 0 fully saturated rings. The first-order chi connectivity index (χ1) is 16.8. The highest BCUT2D eigenvalue weighted by molar-refractivity contribution is 6.20. The van der Waals surface area contributed by atoms with Gasteiger partial charge in [-0.25, -0.2) is 0 Å². The lowest BCUT2D eigenvalue weighted by Gasteiger charge is -2.15. The third kappa shape index (κ3) is 4.12. The molecule has 1 aromatic heterocycles. The second-order valence-corrected chi connectivity index (χ2v) is 9.04. The lowest BCUT2D eigenvalue weighted by atomic mass is 9.97. The van der Waals surface area contributed by atoms with Crippen LogP contribution in [0.2, 0.25) is 0 Å². The van der Waals surface area contributed by atoms with Crippen molar-refractivity contribution in [2.45, 2.75) is 65.0 Å². The van der Waals surface area contributed by atoms with Crippen LogP contribution in [0.15, 0.2) is 43.4 Å². The zero-order valence-electron chi connectivity index (χ0n) is 20.2. The Kier molecular flexibility index (Phi) is 7.03. The van der Waals surface area contributed by atoms with E-state index >= 15 is 0 Å². The summed E-state index contributed by atoms with van der Waals surface area (Å²) in [6, 6.07) is 6.36. The maximum atomic E-state index is 13.2. The highest BCUT2D eigenvalue weighted by atomic mass is 16.5. The second kappa shape index (κ2) is 10.00. The number of aromatic nitrogens is 1. The molecule has 0 bridgehead atoms. The number of rotatable bonds is 10. The van der Waals surface area contributed by atoms with Crippen LogP contribution in [0.3, 0.4) is 0 Å². The highest BCUT2D eigenvalue weighted by Gasteiger charge is 2.25. The number of ether oxygens (including phenoxy) is 1. The van der Waals surface area contributed by atoms with Gasteiger partial charge in [0, 0.05) is 23.9 Å². The van der Waals surface area contributed by atoms with E-state index in [1.54, 1.807) is 12.1 Å². The lowest BCUT2D eigenvalue weighted by Crippen LogP contribution is -2.26. The molecule has 184 valence electrons. The average molecular weight is 478 g/mol. The van der Waals surface area contributed by atoms with Crippen molar-refractivity contribution in [1.29, 1.82) is 0 Å². The van der Waals surface area contributed by atoms with Crippen LogP contribution in [0.1, 0.15) is 52.4 Å². The van der Waals surface area contributed by atoms with Gasteiger partial charge < -0.3 is 16.2 Å². The number of anilines is 2. The van der Waals surface area contributed by atoms with Crippen molar-refractivity contribution in [3.05, 3.63) is 65.4 Å². The third-order valence-electron chi connectivity index (χ3n) is 6.83. The van der Waals surface area contributed by atoms with Gasteiger partial charge in [-0.3, -0.25) is 23.7 Å². The Labute approximate surface area is 201 Å². The fraction of sp³-hybridized carbons (Fsp3) is 0.407. The Morgan fingerprint density at radius 1 is 0.800 bits per heavy atom. The number of unbranched alkanes of at least 4 members (excludes halogenated alkanes) is 2. The normalized spacial score (nSPS) is 12.7. The Bertz CT molecular complexity index is 1510. The summed E-state index contributed by atoms with van der Waals surface area (Å²) in [5.74, 6) is 0. The molecule has 1 unspecified atom stereocenters. The van der Waals surface area contributed by atoms with Gasteiger partial charge in [0.1, 0.15) is 0 Å². The third-order valence-corrected chi connectivity index (χ3v) is 6.83. The minimum atomic E-state index is -0.605. The summed E-state index contributed by atoms with van der Waals surface area (Å²) in [7, 11) is 0. The van der Waals surface area contributed by atoms with Crippen LogP contribution < -0.4 is 33.4 Å². The minimum absolute atomic E-state index is 0.0984. The van der Waals surface area contributed by atoms with Crippen LogP contribution in [0.5, 0.6) is 0 Å². The first-order valence-corrected chi connectivity index (χ1v) is 12.2. The quantitative estimate of drug-likeness (QED) is 0.155. The van der Waals surface area contributed by atoms with E-state index in [1.807, 2.05) is 0 Å². The molecule has 8 nitrogen and oxygen atoms in total. The first kappa shape index (κ1) is 24.6. The van der Waals surface area contributed by atoms with Crippen LogP contribution in [0.4, 0.5) is 11.4 Å². The van der Waals surface area contributed by atoms with E-state index in [-0.39, 0.29) is 56.3 Å². The van der Waals surface area contributed by atoms with E-state index in [2.05, 4.69) is 13.8 Å². The molecule has 0 aliphatic heterocycles. The molecule has 0 radical (unpaired) electrons. The molecule has 0 aliphatic rings. The molecule has 1 heterocycles. The molecule has 35 heavy (non-hydrogen) atoms. The van der Waals surface area contributed by atoms with Crippen molar-refractivity contribution in [2.75, 3.05) is 18.1 Å². The molecular formula is C27H31N3O5. The van der Waals surface area contributed by atoms with Crippen LogP contribution in [-0.4, -0.2) is 17.3 Å². The zero-order valence-corrected chi connectivity index (χ0v) is 20.2. The van der Waals surface area contributed by atoms with Crippen molar-refractivity contribution in [2.24, 2.45) is 0 Å². The second-order valence-electron chi connectivity index (χ2n) is 9.04. The van der Waals surface area contributed by atoms with Crippen molar-refractivity contribution in [3.63, 3.8) is 0 Å². The van der Waals surface area contributed by atoms with Crippen molar-refractivity contribution in [1.82, 2.24) is 4.57 Å². The maximum Gasteiger partial charge on any atom is 0.263 e. The molecule has 4 rings (SSSR count). The minimum Gasteiger partial charge on any atom is -0.397 e. The number of hydrogen-bond acceptors (Lipinski definition) is 7. The number of nitrogen functional groups attached to an aromatic ring is 2. The molecule has 0 saturated heterocycles. The largest absolute Gasteiger partial charge is 0.397 e. The van der Waals surface area contributed by atoms with Crippen LogP contribution in [0, 0.1) is 0 Å². The summed E-state index contributed by atoms with van der Waals surface area (Å²) in [5, 5.41) is -0.00168. The predicted octanol–water partition coefficient (Wildman–Crippen LogP) is 3.19. The Morgan fingerprint density at radius 2 is 1.34 bits per heavy atom. The highest BCUT2D eigenvalue weighted by Crippen LogP contribution is 2.31. The summed E-state index contributed by atoms with van der Waals surface area (Å²) in [5.41, 5.74) is 10.0. The van der Waals surface area contributed by atoms with Gasteiger partial charge in [-0.2, -0.15) is 0 Å². The van der Waals surface area contributed by atoms with Gasteiger partial charge in [-0.1, -0.05) is 57.4 Å².